The zero-order valence-corrected chi connectivity index (χ0v) is 22.3. The van der Waals surface area contributed by atoms with Crippen molar-refractivity contribution in [2.75, 3.05) is 6.54 Å². The third kappa shape index (κ3) is 8.44. The molecule has 1 saturated carbocycles. The molecule has 4 atom stereocenters. The van der Waals surface area contributed by atoms with Crippen LogP contribution in [0.3, 0.4) is 0 Å². The van der Waals surface area contributed by atoms with Crippen molar-refractivity contribution >= 4 is 17.9 Å². The molecule has 0 radical (unpaired) electrons. The predicted molar refractivity (Wildman–Crippen MR) is 136 cm³/mol. The van der Waals surface area contributed by atoms with Crippen molar-refractivity contribution in [1.82, 2.24) is 15.5 Å². The maximum Gasteiger partial charge on any atom is 0.408 e. The number of carbonyl (C=O) groups excluding carboxylic acids is 3. The molecule has 3 N–H and O–H groups in total. The lowest BCUT2D eigenvalue weighted by Crippen LogP contribution is -2.55. The second-order valence-electron chi connectivity index (χ2n) is 10.9. The van der Waals surface area contributed by atoms with Gasteiger partial charge in [-0.3, -0.25) is 9.59 Å². The highest BCUT2D eigenvalue weighted by atomic mass is 16.6. The van der Waals surface area contributed by atoms with E-state index in [-0.39, 0.29) is 35.4 Å². The van der Waals surface area contributed by atoms with Crippen molar-refractivity contribution in [3.05, 3.63) is 29.8 Å². The molecule has 0 aliphatic heterocycles. The number of hydrogen-bond donors (Lipinski definition) is 3. The van der Waals surface area contributed by atoms with Gasteiger partial charge in [-0.2, -0.15) is 0 Å². The minimum Gasteiger partial charge on any atom is -0.508 e. The highest BCUT2D eigenvalue weighted by molar-refractivity contribution is 5.92. The van der Waals surface area contributed by atoms with Crippen LogP contribution in [0.2, 0.25) is 0 Å². The van der Waals surface area contributed by atoms with E-state index in [0.717, 1.165) is 25.7 Å². The molecule has 1 aliphatic carbocycles. The molecule has 0 saturated heterocycles. The molecule has 8 heteroatoms. The van der Waals surface area contributed by atoms with Gasteiger partial charge in [0, 0.05) is 12.6 Å². The summed E-state index contributed by atoms with van der Waals surface area (Å²) in [7, 11) is 0. The molecule has 0 aromatic heterocycles. The zero-order valence-electron chi connectivity index (χ0n) is 22.3. The Morgan fingerprint density at radius 1 is 1.20 bits per heavy atom. The first-order valence-electron chi connectivity index (χ1n) is 12.7. The monoisotopic (exact) mass is 489 g/mol. The van der Waals surface area contributed by atoms with Gasteiger partial charge in [0.25, 0.3) is 0 Å². The fraction of sp³-hybridized carbons (Fsp3) is 0.667. The Hall–Kier alpha value is -2.77. The predicted octanol–water partition coefficient (Wildman–Crippen LogP) is 4.53. The van der Waals surface area contributed by atoms with Gasteiger partial charge in [0.2, 0.25) is 11.8 Å². The van der Waals surface area contributed by atoms with Crippen LogP contribution in [0.1, 0.15) is 85.8 Å². The van der Waals surface area contributed by atoms with E-state index in [9.17, 15) is 19.5 Å². The standard InChI is InChI=1S/C27H43N3O5/c1-8-9-10-14-28-24(32)23(19-12-11-13-20(31)16-19)30(21-15-18(21)4)25(33)22(17(2)3)29-26(34)35-27(5,6)7/h11-13,16-18,21-23,31H,8-10,14-15H2,1-7H3,(H,28,32)(H,29,34). The Kier molecular flexibility index (Phi) is 9.98. The first-order chi connectivity index (χ1) is 16.4. The van der Waals surface area contributed by atoms with E-state index < -0.39 is 23.8 Å². The number of ether oxygens (including phenoxy) is 1. The van der Waals surface area contributed by atoms with E-state index in [1.807, 2.05) is 20.8 Å². The van der Waals surface area contributed by atoms with Crippen molar-refractivity contribution < 1.29 is 24.2 Å². The molecule has 0 bridgehead atoms. The van der Waals surface area contributed by atoms with Crippen LogP contribution in [0.25, 0.3) is 0 Å². The van der Waals surface area contributed by atoms with Crippen LogP contribution in [0, 0.1) is 11.8 Å². The molecular weight excluding hydrogens is 446 g/mol. The number of rotatable bonds is 11. The Morgan fingerprint density at radius 3 is 2.37 bits per heavy atom. The van der Waals surface area contributed by atoms with Gasteiger partial charge in [0.1, 0.15) is 23.4 Å². The number of aromatic hydroxyl groups is 1. The van der Waals surface area contributed by atoms with Crippen LogP contribution in [0.15, 0.2) is 24.3 Å². The fourth-order valence-corrected chi connectivity index (χ4v) is 4.10. The number of alkyl carbamates (subject to hydrolysis) is 1. The largest absolute Gasteiger partial charge is 0.508 e. The van der Waals surface area contributed by atoms with E-state index in [0.29, 0.717) is 12.1 Å². The van der Waals surface area contributed by atoms with Gasteiger partial charge >= 0.3 is 6.09 Å². The molecule has 35 heavy (non-hydrogen) atoms. The fourth-order valence-electron chi connectivity index (χ4n) is 4.10. The van der Waals surface area contributed by atoms with Gasteiger partial charge in [-0.05, 0) is 63.1 Å². The van der Waals surface area contributed by atoms with Gasteiger partial charge < -0.3 is 25.4 Å². The van der Waals surface area contributed by atoms with Crippen molar-refractivity contribution in [3.63, 3.8) is 0 Å². The number of phenolic OH excluding ortho intramolecular Hbond substituents is 1. The Balaban J connectivity index is 2.41. The van der Waals surface area contributed by atoms with Gasteiger partial charge in [-0.25, -0.2) is 4.79 Å². The molecule has 1 aromatic rings. The third-order valence-corrected chi connectivity index (χ3v) is 6.08. The molecule has 196 valence electrons. The van der Waals surface area contributed by atoms with Gasteiger partial charge in [-0.15, -0.1) is 0 Å². The Bertz CT molecular complexity index is 880. The van der Waals surface area contributed by atoms with E-state index >= 15 is 0 Å². The third-order valence-electron chi connectivity index (χ3n) is 6.08. The Morgan fingerprint density at radius 2 is 1.86 bits per heavy atom. The molecule has 8 nitrogen and oxygen atoms in total. The molecular formula is C27H43N3O5. The number of nitrogens with zero attached hydrogens (tertiary/aromatic N) is 1. The van der Waals surface area contributed by atoms with Crippen LogP contribution < -0.4 is 10.6 Å². The minimum atomic E-state index is -0.923. The Labute approximate surface area is 209 Å². The van der Waals surface area contributed by atoms with Crippen LogP contribution >= 0.6 is 0 Å². The maximum atomic E-state index is 14.0. The lowest BCUT2D eigenvalue weighted by molar-refractivity contribution is -0.144. The molecule has 2 rings (SSSR count). The molecule has 1 fully saturated rings. The van der Waals surface area contributed by atoms with Crippen molar-refractivity contribution in [3.8, 4) is 5.75 Å². The topological polar surface area (TPSA) is 108 Å². The van der Waals surface area contributed by atoms with E-state index in [4.69, 9.17) is 4.74 Å². The summed E-state index contributed by atoms with van der Waals surface area (Å²) in [5.74, 6) is -0.615. The number of amides is 3. The molecule has 4 unspecified atom stereocenters. The van der Waals surface area contributed by atoms with Crippen molar-refractivity contribution in [1.29, 1.82) is 0 Å². The van der Waals surface area contributed by atoms with Crippen molar-refractivity contribution in [2.45, 2.75) is 97.9 Å². The van der Waals surface area contributed by atoms with Gasteiger partial charge in [0.15, 0.2) is 0 Å². The normalized spacial score (nSPS) is 19.0. The summed E-state index contributed by atoms with van der Waals surface area (Å²) >= 11 is 0. The molecule has 1 aliphatic rings. The van der Waals surface area contributed by atoms with Crippen molar-refractivity contribution in [2.24, 2.45) is 11.8 Å². The summed E-state index contributed by atoms with van der Waals surface area (Å²) in [5.41, 5.74) is -0.174. The number of unbranched alkanes of at least 4 members (excludes halogenated alkanes) is 2. The highest BCUT2D eigenvalue weighted by Gasteiger charge is 2.48. The van der Waals surface area contributed by atoms with Gasteiger partial charge in [-0.1, -0.05) is 52.7 Å². The number of benzene rings is 1. The first-order valence-corrected chi connectivity index (χ1v) is 12.7. The number of nitrogens with one attached hydrogen (secondary N) is 2. The average Bonchev–Trinajstić information content (AvgIpc) is 3.47. The number of carbonyl (C=O) groups is 3. The maximum absolute atomic E-state index is 14.0. The number of phenols is 1. The smallest absolute Gasteiger partial charge is 0.408 e. The lowest BCUT2D eigenvalue weighted by Gasteiger charge is -2.36. The first kappa shape index (κ1) is 28.5. The van der Waals surface area contributed by atoms with E-state index in [1.165, 1.54) is 12.1 Å². The lowest BCUT2D eigenvalue weighted by atomic mass is 9.98. The molecule has 0 heterocycles. The zero-order chi connectivity index (χ0) is 26.3. The van der Waals surface area contributed by atoms with Crippen LogP contribution in [0.4, 0.5) is 4.79 Å². The minimum absolute atomic E-state index is 0.0230. The second kappa shape index (κ2) is 12.3. The summed E-state index contributed by atoms with van der Waals surface area (Å²) in [4.78, 5) is 41.7. The van der Waals surface area contributed by atoms with E-state index in [2.05, 4.69) is 17.6 Å². The SMILES string of the molecule is CCCCCNC(=O)C(c1cccc(O)c1)N(C(=O)C(NC(=O)OC(C)(C)C)C(C)C)C1CC1C. The van der Waals surface area contributed by atoms with Crippen LogP contribution in [0.5, 0.6) is 5.75 Å². The van der Waals surface area contributed by atoms with E-state index in [1.54, 1.807) is 37.8 Å². The number of hydrogen-bond acceptors (Lipinski definition) is 5. The summed E-state index contributed by atoms with van der Waals surface area (Å²) in [5, 5.41) is 15.8. The quantitative estimate of drug-likeness (QED) is 0.396. The van der Waals surface area contributed by atoms with Crippen LogP contribution in [-0.2, 0) is 14.3 Å². The average molecular weight is 490 g/mol. The van der Waals surface area contributed by atoms with Crippen LogP contribution in [-0.4, -0.2) is 52.1 Å². The molecule has 3 amide bonds. The second-order valence-corrected chi connectivity index (χ2v) is 10.9. The molecule has 0 spiro atoms. The summed E-state index contributed by atoms with van der Waals surface area (Å²) < 4.78 is 5.40. The summed E-state index contributed by atoms with van der Waals surface area (Å²) in [6.45, 7) is 13.6. The summed E-state index contributed by atoms with van der Waals surface area (Å²) in [6.07, 6.45) is 2.96. The molecule has 1 aromatic carbocycles. The van der Waals surface area contributed by atoms with Gasteiger partial charge in [0.05, 0.1) is 0 Å². The summed E-state index contributed by atoms with van der Waals surface area (Å²) in [6, 6.07) is 4.53. The highest BCUT2D eigenvalue weighted by Crippen LogP contribution is 2.41.